The summed E-state index contributed by atoms with van der Waals surface area (Å²) in [4.78, 5) is 9.56. The van der Waals surface area contributed by atoms with Gasteiger partial charge in [-0.1, -0.05) is 38.5 Å². The van der Waals surface area contributed by atoms with E-state index >= 15 is 0 Å². The molecule has 0 unspecified atom stereocenters. The molecule has 2 aliphatic rings. The summed E-state index contributed by atoms with van der Waals surface area (Å²) < 4.78 is 0. The highest BCUT2D eigenvalue weighted by Crippen LogP contribution is 2.36. The van der Waals surface area contributed by atoms with Crippen molar-refractivity contribution in [3.05, 3.63) is 17.6 Å². The molecule has 0 spiro atoms. The molecule has 0 atom stereocenters. The number of nitrogen functional groups attached to an aromatic ring is 1. The maximum absolute atomic E-state index is 5.61. The molecule has 3 N–H and O–H groups in total. The SMILES string of the molecule is NNc1cc(C2CCCC2)nc(C2CCCCCC2)n1. The lowest BCUT2D eigenvalue weighted by atomic mass is 9.98. The number of nitrogens with zero attached hydrogens (tertiary/aromatic N) is 2. The van der Waals surface area contributed by atoms with Gasteiger partial charge in [0.25, 0.3) is 0 Å². The number of hydrogen-bond acceptors (Lipinski definition) is 4. The minimum atomic E-state index is 0.533. The molecule has 3 rings (SSSR count). The van der Waals surface area contributed by atoms with E-state index in [4.69, 9.17) is 10.8 Å². The van der Waals surface area contributed by atoms with Gasteiger partial charge in [0.05, 0.1) is 0 Å². The number of hydrazine groups is 1. The highest BCUT2D eigenvalue weighted by Gasteiger charge is 2.23. The van der Waals surface area contributed by atoms with E-state index in [0.29, 0.717) is 11.8 Å². The van der Waals surface area contributed by atoms with E-state index in [1.165, 1.54) is 69.9 Å². The zero-order valence-electron chi connectivity index (χ0n) is 12.3. The van der Waals surface area contributed by atoms with Crippen LogP contribution in [0.5, 0.6) is 0 Å². The number of anilines is 1. The lowest BCUT2D eigenvalue weighted by Gasteiger charge is -2.17. The molecule has 0 aliphatic heterocycles. The monoisotopic (exact) mass is 274 g/mol. The zero-order valence-corrected chi connectivity index (χ0v) is 12.3. The summed E-state index contributed by atoms with van der Waals surface area (Å²) >= 11 is 0. The second-order valence-electron chi connectivity index (χ2n) is 6.35. The van der Waals surface area contributed by atoms with Crippen LogP contribution in [-0.2, 0) is 0 Å². The molecule has 2 saturated carbocycles. The molecule has 2 aliphatic carbocycles. The first-order valence-corrected chi connectivity index (χ1v) is 8.22. The normalized spacial score (nSPS) is 21.9. The third-order valence-corrected chi connectivity index (χ3v) is 4.90. The van der Waals surface area contributed by atoms with E-state index in [2.05, 4.69) is 16.5 Å². The molecule has 0 saturated heterocycles. The van der Waals surface area contributed by atoms with E-state index in [-0.39, 0.29) is 0 Å². The van der Waals surface area contributed by atoms with Crippen LogP contribution in [0.3, 0.4) is 0 Å². The molecule has 0 radical (unpaired) electrons. The molecule has 1 aromatic rings. The number of rotatable bonds is 3. The fourth-order valence-electron chi connectivity index (χ4n) is 3.71. The van der Waals surface area contributed by atoms with Crippen molar-refractivity contribution in [2.45, 2.75) is 76.0 Å². The average Bonchev–Trinajstić information content (AvgIpc) is 2.89. The summed E-state index contributed by atoms with van der Waals surface area (Å²) in [5.74, 6) is 8.58. The Balaban J connectivity index is 1.86. The highest BCUT2D eigenvalue weighted by molar-refractivity contribution is 5.36. The van der Waals surface area contributed by atoms with Gasteiger partial charge in [-0.25, -0.2) is 15.8 Å². The van der Waals surface area contributed by atoms with Crippen LogP contribution in [0.1, 0.15) is 87.6 Å². The summed E-state index contributed by atoms with van der Waals surface area (Å²) in [6.45, 7) is 0. The topological polar surface area (TPSA) is 63.8 Å². The molecule has 4 heteroatoms. The van der Waals surface area contributed by atoms with Gasteiger partial charge in [0.2, 0.25) is 0 Å². The van der Waals surface area contributed by atoms with Crippen LogP contribution in [0, 0.1) is 0 Å². The van der Waals surface area contributed by atoms with E-state index in [0.717, 1.165) is 11.6 Å². The van der Waals surface area contributed by atoms with Crippen molar-refractivity contribution in [2.24, 2.45) is 5.84 Å². The quantitative estimate of drug-likeness (QED) is 0.499. The highest BCUT2D eigenvalue weighted by atomic mass is 15.3. The fourth-order valence-corrected chi connectivity index (χ4v) is 3.71. The molecule has 4 nitrogen and oxygen atoms in total. The molecule has 0 amide bonds. The first-order chi connectivity index (χ1) is 9.86. The molecular formula is C16H26N4. The molecule has 0 aromatic carbocycles. The van der Waals surface area contributed by atoms with Gasteiger partial charge in [-0.15, -0.1) is 0 Å². The third-order valence-electron chi connectivity index (χ3n) is 4.90. The van der Waals surface area contributed by atoms with Crippen LogP contribution < -0.4 is 11.3 Å². The second kappa shape index (κ2) is 6.53. The minimum absolute atomic E-state index is 0.533. The Kier molecular flexibility index (Phi) is 4.51. The number of nitrogens with two attached hydrogens (primary N) is 1. The molecule has 110 valence electrons. The van der Waals surface area contributed by atoms with Crippen molar-refractivity contribution in [2.75, 3.05) is 5.43 Å². The molecule has 2 fully saturated rings. The Morgan fingerprint density at radius 1 is 0.850 bits per heavy atom. The van der Waals surface area contributed by atoms with E-state index in [1.54, 1.807) is 0 Å². The van der Waals surface area contributed by atoms with E-state index in [9.17, 15) is 0 Å². The summed E-state index contributed by atoms with van der Waals surface area (Å²) in [6, 6.07) is 2.05. The zero-order chi connectivity index (χ0) is 13.8. The van der Waals surface area contributed by atoms with Crippen molar-refractivity contribution in [1.82, 2.24) is 9.97 Å². The molecule has 1 aromatic heterocycles. The van der Waals surface area contributed by atoms with Gasteiger partial charge >= 0.3 is 0 Å². The predicted octanol–water partition coefficient (Wildman–Crippen LogP) is 3.86. The Morgan fingerprint density at radius 2 is 1.45 bits per heavy atom. The van der Waals surface area contributed by atoms with Crippen molar-refractivity contribution < 1.29 is 0 Å². The Hall–Kier alpha value is -1.16. The molecule has 0 bridgehead atoms. The second-order valence-corrected chi connectivity index (χ2v) is 6.35. The third kappa shape index (κ3) is 3.11. The van der Waals surface area contributed by atoms with Crippen LogP contribution in [0.2, 0.25) is 0 Å². The van der Waals surface area contributed by atoms with Crippen molar-refractivity contribution in [3.8, 4) is 0 Å². The standard InChI is InChI=1S/C16H26N4/c17-20-15-11-14(12-7-5-6-8-12)18-16(19-15)13-9-3-1-2-4-10-13/h11-13H,1-10,17H2,(H,18,19,20). The van der Waals surface area contributed by atoms with Crippen molar-refractivity contribution >= 4 is 5.82 Å². The van der Waals surface area contributed by atoms with Gasteiger partial charge < -0.3 is 5.43 Å². The summed E-state index contributed by atoms with van der Waals surface area (Å²) in [5, 5.41) is 0. The fraction of sp³-hybridized carbons (Fsp3) is 0.750. The summed E-state index contributed by atoms with van der Waals surface area (Å²) in [6.07, 6.45) is 13.0. The number of hydrogen-bond donors (Lipinski definition) is 2. The van der Waals surface area contributed by atoms with Gasteiger partial charge in [-0.2, -0.15) is 0 Å². The van der Waals surface area contributed by atoms with Crippen LogP contribution in [-0.4, -0.2) is 9.97 Å². The average molecular weight is 274 g/mol. The molecule has 1 heterocycles. The van der Waals surface area contributed by atoms with Crippen molar-refractivity contribution in [3.63, 3.8) is 0 Å². The van der Waals surface area contributed by atoms with Gasteiger partial charge in [0.15, 0.2) is 0 Å². The largest absolute Gasteiger partial charge is 0.308 e. The van der Waals surface area contributed by atoms with Crippen LogP contribution in [0.25, 0.3) is 0 Å². The van der Waals surface area contributed by atoms with Crippen molar-refractivity contribution in [1.29, 1.82) is 0 Å². The Bertz CT molecular complexity index is 432. The van der Waals surface area contributed by atoms with Crippen LogP contribution in [0.4, 0.5) is 5.82 Å². The van der Waals surface area contributed by atoms with Gasteiger partial charge in [0, 0.05) is 23.6 Å². The minimum Gasteiger partial charge on any atom is -0.308 e. The molecular weight excluding hydrogens is 248 g/mol. The van der Waals surface area contributed by atoms with Gasteiger partial charge in [-0.05, 0) is 25.7 Å². The summed E-state index contributed by atoms with van der Waals surface area (Å²) in [5.41, 5.74) is 3.95. The lowest BCUT2D eigenvalue weighted by Crippen LogP contribution is -2.14. The molecule has 20 heavy (non-hydrogen) atoms. The maximum atomic E-state index is 5.61. The first-order valence-electron chi connectivity index (χ1n) is 8.22. The van der Waals surface area contributed by atoms with E-state index in [1.807, 2.05) is 0 Å². The number of nitrogens with one attached hydrogen (secondary N) is 1. The Labute approximate surface area is 121 Å². The Morgan fingerprint density at radius 3 is 2.10 bits per heavy atom. The van der Waals surface area contributed by atoms with Gasteiger partial charge in [-0.3, -0.25) is 0 Å². The smallest absolute Gasteiger partial charge is 0.143 e. The van der Waals surface area contributed by atoms with Gasteiger partial charge in [0.1, 0.15) is 11.6 Å². The predicted molar refractivity (Wildman–Crippen MR) is 81.5 cm³/mol. The van der Waals surface area contributed by atoms with E-state index < -0.39 is 0 Å². The maximum Gasteiger partial charge on any atom is 0.143 e. The van der Waals surface area contributed by atoms with Crippen LogP contribution >= 0.6 is 0 Å². The summed E-state index contributed by atoms with van der Waals surface area (Å²) in [7, 11) is 0. The van der Waals surface area contributed by atoms with Crippen LogP contribution in [0.15, 0.2) is 6.07 Å². The first kappa shape index (κ1) is 13.8. The number of aromatic nitrogens is 2. The lowest BCUT2D eigenvalue weighted by molar-refractivity contribution is 0.552.